The summed E-state index contributed by atoms with van der Waals surface area (Å²) >= 11 is 3.41. The first-order valence-corrected chi connectivity index (χ1v) is 7.90. The maximum Gasteiger partial charge on any atom is 0.229 e. The van der Waals surface area contributed by atoms with Crippen molar-refractivity contribution in [1.29, 1.82) is 0 Å². The predicted octanol–water partition coefficient (Wildman–Crippen LogP) is 2.54. The van der Waals surface area contributed by atoms with E-state index in [1.165, 1.54) is 0 Å². The van der Waals surface area contributed by atoms with Gasteiger partial charge in [0.25, 0.3) is 0 Å². The minimum Gasteiger partial charge on any atom is -0.383 e. The molecule has 2 aromatic rings. The third-order valence-corrected chi connectivity index (χ3v) is 3.91. The number of nitrogens with zero attached hydrogens (tertiary/aromatic N) is 2. The van der Waals surface area contributed by atoms with Crippen LogP contribution >= 0.6 is 15.9 Å². The van der Waals surface area contributed by atoms with Crippen LogP contribution in [0.3, 0.4) is 0 Å². The van der Waals surface area contributed by atoms with E-state index >= 15 is 0 Å². The Morgan fingerprint density at radius 1 is 1.43 bits per heavy atom. The van der Waals surface area contributed by atoms with Gasteiger partial charge in [0.2, 0.25) is 11.9 Å². The fraction of sp³-hybridized carbons (Fsp3) is 0.267. The number of carbonyl (C=O) groups excluding carboxylic acids is 1. The van der Waals surface area contributed by atoms with Crippen molar-refractivity contribution in [2.24, 2.45) is 0 Å². The van der Waals surface area contributed by atoms with Crippen LogP contribution < -0.4 is 16.0 Å². The van der Waals surface area contributed by atoms with E-state index < -0.39 is 0 Å². The van der Waals surface area contributed by atoms with E-state index in [1.807, 2.05) is 18.2 Å². The second kappa shape index (κ2) is 6.93. The molecule has 0 aliphatic carbocycles. The summed E-state index contributed by atoms with van der Waals surface area (Å²) < 4.78 is 5.79. The summed E-state index contributed by atoms with van der Waals surface area (Å²) in [6, 6.07) is 5.68. The highest BCUT2D eigenvalue weighted by Gasteiger charge is 2.17. The van der Waals surface area contributed by atoms with Gasteiger partial charge in [0, 0.05) is 31.2 Å². The zero-order chi connectivity index (χ0) is 16.2. The number of halogens is 1. The summed E-state index contributed by atoms with van der Waals surface area (Å²) in [6.07, 6.45) is 2.08. The topological polar surface area (TPSA) is 88.2 Å². The summed E-state index contributed by atoms with van der Waals surface area (Å²) in [5, 5.41) is 9.13. The van der Waals surface area contributed by atoms with Gasteiger partial charge >= 0.3 is 0 Å². The fourth-order valence-corrected chi connectivity index (χ4v) is 2.59. The lowest BCUT2D eigenvalue weighted by molar-refractivity contribution is -0.115. The van der Waals surface area contributed by atoms with E-state index in [9.17, 15) is 4.79 Å². The molecule has 1 aliphatic rings. The Morgan fingerprint density at radius 3 is 3.13 bits per heavy atom. The molecule has 0 saturated heterocycles. The van der Waals surface area contributed by atoms with Crippen LogP contribution in [0.4, 0.5) is 23.1 Å². The molecule has 0 atom stereocenters. The molecule has 3 N–H and O–H groups in total. The second-order valence-corrected chi connectivity index (χ2v) is 5.89. The number of nitrogens with one attached hydrogen (secondary N) is 3. The Balaban J connectivity index is 1.74. The van der Waals surface area contributed by atoms with Crippen molar-refractivity contribution in [2.75, 3.05) is 36.2 Å². The molecule has 0 unspecified atom stereocenters. The number of benzene rings is 1. The lowest BCUT2D eigenvalue weighted by Gasteiger charge is -2.10. The zero-order valence-corrected chi connectivity index (χ0v) is 14.1. The van der Waals surface area contributed by atoms with Gasteiger partial charge in [-0.15, -0.1) is 0 Å². The van der Waals surface area contributed by atoms with Gasteiger partial charge in [0.05, 0.1) is 17.5 Å². The first kappa shape index (κ1) is 15.7. The number of rotatable bonds is 6. The molecule has 0 fully saturated rings. The molecule has 0 bridgehead atoms. The minimum absolute atomic E-state index is 0.0154. The first-order chi connectivity index (χ1) is 11.2. The molecule has 2 heterocycles. The third kappa shape index (κ3) is 3.77. The molecular formula is C15H16BrN5O2. The number of aromatic nitrogens is 2. The number of hydrogen-bond acceptors (Lipinski definition) is 6. The standard InChI is InChI=1S/C15H16BrN5O2/c1-23-5-4-17-14-11(16)8-18-15(21-14)19-10-2-3-12-9(6-10)7-13(22)20-12/h2-3,6,8H,4-5,7H2,1H3,(H,20,22)(H2,17,18,19,21). The van der Waals surface area contributed by atoms with Crippen molar-refractivity contribution in [2.45, 2.75) is 6.42 Å². The largest absolute Gasteiger partial charge is 0.383 e. The molecule has 8 heteroatoms. The number of anilines is 4. The highest BCUT2D eigenvalue weighted by atomic mass is 79.9. The van der Waals surface area contributed by atoms with Crippen LogP contribution in [0.15, 0.2) is 28.9 Å². The molecule has 1 amide bonds. The summed E-state index contributed by atoms with van der Waals surface area (Å²) in [5.41, 5.74) is 2.67. The van der Waals surface area contributed by atoms with Crippen LogP contribution in [-0.2, 0) is 16.0 Å². The molecule has 3 rings (SSSR count). The molecule has 0 saturated carbocycles. The normalized spacial score (nSPS) is 12.7. The predicted molar refractivity (Wildman–Crippen MR) is 92.2 cm³/mol. The summed E-state index contributed by atoms with van der Waals surface area (Å²) in [6.45, 7) is 1.24. The first-order valence-electron chi connectivity index (χ1n) is 7.11. The Hall–Kier alpha value is -2.19. The summed E-state index contributed by atoms with van der Waals surface area (Å²) in [4.78, 5) is 20.1. The van der Waals surface area contributed by atoms with Gasteiger partial charge < -0.3 is 20.7 Å². The van der Waals surface area contributed by atoms with Crippen LogP contribution in [0.2, 0.25) is 0 Å². The highest BCUT2D eigenvalue weighted by molar-refractivity contribution is 9.10. The molecular weight excluding hydrogens is 362 g/mol. The van der Waals surface area contributed by atoms with Crippen molar-refractivity contribution in [3.05, 3.63) is 34.4 Å². The number of amides is 1. The van der Waals surface area contributed by atoms with Gasteiger partial charge in [0.15, 0.2) is 0 Å². The zero-order valence-electron chi connectivity index (χ0n) is 12.5. The lowest BCUT2D eigenvalue weighted by Crippen LogP contribution is -2.10. The summed E-state index contributed by atoms with van der Waals surface area (Å²) in [5.74, 6) is 1.18. The van der Waals surface area contributed by atoms with Crippen LogP contribution in [0.1, 0.15) is 5.56 Å². The van der Waals surface area contributed by atoms with Gasteiger partial charge in [0.1, 0.15) is 5.82 Å². The van der Waals surface area contributed by atoms with Gasteiger partial charge in [-0.2, -0.15) is 4.98 Å². The van der Waals surface area contributed by atoms with Crippen LogP contribution in [0, 0.1) is 0 Å². The van der Waals surface area contributed by atoms with Crippen LogP contribution in [0.5, 0.6) is 0 Å². The number of fused-ring (bicyclic) bond motifs is 1. The molecule has 1 aliphatic heterocycles. The van der Waals surface area contributed by atoms with E-state index in [-0.39, 0.29) is 5.91 Å². The van der Waals surface area contributed by atoms with Crippen molar-refractivity contribution in [1.82, 2.24) is 9.97 Å². The Labute approximate surface area is 142 Å². The Bertz CT molecular complexity index is 738. The molecule has 0 spiro atoms. The van der Waals surface area contributed by atoms with Crippen molar-refractivity contribution in [3.8, 4) is 0 Å². The molecule has 1 aromatic carbocycles. The van der Waals surface area contributed by atoms with Gasteiger partial charge in [-0.1, -0.05) is 0 Å². The van der Waals surface area contributed by atoms with E-state index in [0.29, 0.717) is 31.3 Å². The van der Waals surface area contributed by atoms with Crippen molar-refractivity contribution < 1.29 is 9.53 Å². The van der Waals surface area contributed by atoms with E-state index in [4.69, 9.17) is 4.74 Å². The number of hydrogen-bond donors (Lipinski definition) is 3. The smallest absolute Gasteiger partial charge is 0.229 e. The molecule has 1 aromatic heterocycles. The van der Waals surface area contributed by atoms with Crippen LogP contribution in [-0.4, -0.2) is 36.1 Å². The van der Waals surface area contributed by atoms with Gasteiger partial charge in [-0.05, 0) is 39.7 Å². The SMILES string of the molecule is COCCNc1nc(Nc2ccc3c(c2)CC(=O)N3)ncc1Br. The van der Waals surface area contributed by atoms with Gasteiger partial charge in [-0.3, -0.25) is 4.79 Å². The van der Waals surface area contributed by atoms with Gasteiger partial charge in [-0.25, -0.2) is 4.98 Å². The Kier molecular flexibility index (Phi) is 4.73. The lowest BCUT2D eigenvalue weighted by atomic mass is 10.1. The maximum absolute atomic E-state index is 11.4. The average Bonchev–Trinajstić information content (AvgIpc) is 2.90. The molecule has 7 nitrogen and oxygen atoms in total. The molecule has 23 heavy (non-hydrogen) atoms. The second-order valence-electron chi connectivity index (χ2n) is 5.03. The number of carbonyl (C=O) groups is 1. The summed E-state index contributed by atoms with van der Waals surface area (Å²) in [7, 11) is 1.65. The highest BCUT2D eigenvalue weighted by Crippen LogP contribution is 2.28. The quantitative estimate of drug-likeness (QED) is 0.670. The third-order valence-electron chi connectivity index (χ3n) is 3.33. The van der Waals surface area contributed by atoms with E-state index in [2.05, 4.69) is 41.8 Å². The Morgan fingerprint density at radius 2 is 2.30 bits per heavy atom. The maximum atomic E-state index is 11.4. The van der Waals surface area contributed by atoms with E-state index in [1.54, 1.807) is 13.3 Å². The average molecular weight is 378 g/mol. The van der Waals surface area contributed by atoms with E-state index in [0.717, 1.165) is 21.4 Å². The molecule has 120 valence electrons. The number of ether oxygens (including phenoxy) is 1. The minimum atomic E-state index is 0.0154. The van der Waals surface area contributed by atoms with Crippen molar-refractivity contribution in [3.63, 3.8) is 0 Å². The monoisotopic (exact) mass is 377 g/mol. The fourth-order valence-electron chi connectivity index (χ4n) is 2.26. The number of methoxy groups -OCH3 is 1. The molecule has 0 radical (unpaired) electrons. The van der Waals surface area contributed by atoms with Crippen LogP contribution in [0.25, 0.3) is 0 Å². The van der Waals surface area contributed by atoms with Crippen molar-refractivity contribution >= 4 is 45.0 Å².